The molecule has 0 aliphatic heterocycles. The Bertz CT molecular complexity index is 391. The number of aromatic nitrogens is 1. The number of hydrogen-bond acceptors (Lipinski definition) is 2. The fourth-order valence-corrected chi connectivity index (χ4v) is 1.55. The molecule has 1 saturated carbocycles. The van der Waals surface area contributed by atoms with Crippen LogP contribution >= 0.6 is 0 Å². The van der Waals surface area contributed by atoms with Crippen molar-refractivity contribution in [1.29, 1.82) is 0 Å². The van der Waals surface area contributed by atoms with Crippen LogP contribution in [-0.4, -0.2) is 16.3 Å². The van der Waals surface area contributed by atoms with Gasteiger partial charge in [0.25, 0.3) is 0 Å². The number of amides is 1. The predicted octanol–water partition coefficient (Wildman–Crippen LogP) is 0.956. The molecule has 1 amide bonds. The first-order valence-corrected chi connectivity index (χ1v) is 5.15. The number of primary amides is 1. The average molecular weight is 206 g/mol. The van der Waals surface area contributed by atoms with Crippen molar-refractivity contribution in [2.24, 2.45) is 11.7 Å². The first-order chi connectivity index (χ1) is 7.16. The fourth-order valence-electron chi connectivity index (χ4n) is 1.55. The molecule has 4 nitrogen and oxygen atoms in total. The molecule has 0 bridgehead atoms. The second-order valence-corrected chi connectivity index (χ2v) is 3.99. The first-order valence-electron chi connectivity index (χ1n) is 5.15. The van der Waals surface area contributed by atoms with Crippen molar-refractivity contribution in [2.75, 3.05) is 0 Å². The lowest BCUT2D eigenvalue weighted by atomic mass is 10.1. The second-order valence-electron chi connectivity index (χ2n) is 3.99. The van der Waals surface area contributed by atoms with Gasteiger partial charge in [-0.15, -0.1) is 0 Å². The molecular weight excluding hydrogens is 192 g/mol. The molecule has 0 saturated heterocycles. The van der Waals surface area contributed by atoms with Crippen molar-refractivity contribution >= 4 is 11.7 Å². The highest BCUT2D eigenvalue weighted by atomic mass is 16.1. The maximum atomic E-state index is 11.7. The Kier molecular flexibility index (Phi) is 2.58. The van der Waals surface area contributed by atoms with Crippen molar-refractivity contribution in [1.82, 2.24) is 4.57 Å². The number of aryl methyl sites for hydroxylation is 1. The highest BCUT2D eigenvalue weighted by molar-refractivity contribution is 5.99. The van der Waals surface area contributed by atoms with Gasteiger partial charge in [-0.25, -0.2) is 0 Å². The van der Waals surface area contributed by atoms with Gasteiger partial charge in [0, 0.05) is 36.8 Å². The number of carbonyl (C=O) groups is 2. The summed E-state index contributed by atoms with van der Waals surface area (Å²) in [5.41, 5.74) is 5.80. The Labute approximate surface area is 88.1 Å². The third kappa shape index (κ3) is 2.46. The smallest absolute Gasteiger partial charge is 0.219 e. The van der Waals surface area contributed by atoms with Crippen molar-refractivity contribution in [2.45, 2.75) is 25.8 Å². The second kappa shape index (κ2) is 3.88. The Morgan fingerprint density at radius 1 is 1.47 bits per heavy atom. The summed E-state index contributed by atoms with van der Waals surface area (Å²) in [7, 11) is 0. The minimum absolute atomic E-state index is 0.229. The zero-order valence-electron chi connectivity index (χ0n) is 8.48. The quantitative estimate of drug-likeness (QED) is 0.729. The van der Waals surface area contributed by atoms with E-state index in [2.05, 4.69) is 0 Å². The van der Waals surface area contributed by atoms with Crippen LogP contribution in [0.3, 0.4) is 0 Å². The van der Waals surface area contributed by atoms with Gasteiger partial charge >= 0.3 is 0 Å². The molecule has 1 aliphatic rings. The largest absolute Gasteiger partial charge is 0.370 e. The van der Waals surface area contributed by atoms with Gasteiger partial charge in [0.1, 0.15) is 0 Å². The molecule has 1 fully saturated rings. The first kappa shape index (κ1) is 9.96. The number of Topliss-reactive ketones (excluding diaryl/α,β-unsaturated/α-hetero) is 1. The summed E-state index contributed by atoms with van der Waals surface area (Å²) in [4.78, 5) is 22.2. The van der Waals surface area contributed by atoms with Gasteiger partial charge in [-0.05, 0) is 18.9 Å². The number of carbonyl (C=O) groups excluding carboxylic acids is 2. The monoisotopic (exact) mass is 206 g/mol. The van der Waals surface area contributed by atoms with Crippen LogP contribution < -0.4 is 5.73 Å². The number of ketones is 1. The molecule has 0 aromatic carbocycles. The SMILES string of the molecule is NC(=O)CCn1ccc(C(=O)C2CC2)c1. The molecule has 1 aromatic heterocycles. The summed E-state index contributed by atoms with van der Waals surface area (Å²) >= 11 is 0. The molecule has 0 unspecified atom stereocenters. The summed E-state index contributed by atoms with van der Waals surface area (Å²) in [5.74, 6) is 0.156. The molecule has 80 valence electrons. The van der Waals surface area contributed by atoms with Gasteiger partial charge in [-0.1, -0.05) is 0 Å². The van der Waals surface area contributed by atoms with Crippen LogP contribution in [0.25, 0.3) is 0 Å². The van der Waals surface area contributed by atoms with Gasteiger partial charge in [0.15, 0.2) is 5.78 Å². The van der Waals surface area contributed by atoms with Crippen LogP contribution in [0, 0.1) is 5.92 Å². The molecule has 0 radical (unpaired) electrons. The number of rotatable bonds is 5. The Morgan fingerprint density at radius 3 is 2.80 bits per heavy atom. The third-order valence-corrected chi connectivity index (χ3v) is 2.60. The van der Waals surface area contributed by atoms with Gasteiger partial charge in [0.2, 0.25) is 5.91 Å². The topological polar surface area (TPSA) is 65.1 Å². The molecule has 2 N–H and O–H groups in total. The van der Waals surface area contributed by atoms with Crippen LogP contribution in [0.5, 0.6) is 0 Å². The van der Waals surface area contributed by atoms with E-state index < -0.39 is 0 Å². The van der Waals surface area contributed by atoms with Crippen molar-refractivity contribution in [3.8, 4) is 0 Å². The van der Waals surface area contributed by atoms with E-state index in [0.29, 0.717) is 13.0 Å². The predicted molar refractivity (Wildman–Crippen MR) is 55.3 cm³/mol. The van der Waals surface area contributed by atoms with E-state index in [-0.39, 0.29) is 17.6 Å². The molecule has 0 spiro atoms. The minimum Gasteiger partial charge on any atom is -0.370 e. The summed E-state index contributed by atoms with van der Waals surface area (Å²) in [5, 5.41) is 0. The van der Waals surface area contributed by atoms with Gasteiger partial charge in [0.05, 0.1) is 0 Å². The van der Waals surface area contributed by atoms with Crippen LogP contribution in [0.2, 0.25) is 0 Å². The van der Waals surface area contributed by atoms with Crippen LogP contribution in [0.1, 0.15) is 29.6 Å². The molecule has 2 rings (SSSR count). The molecule has 4 heteroatoms. The number of nitrogens with zero attached hydrogens (tertiary/aromatic N) is 1. The fraction of sp³-hybridized carbons (Fsp3) is 0.455. The van der Waals surface area contributed by atoms with Crippen LogP contribution in [0.4, 0.5) is 0 Å². The van der Waals surface area contributed by atoms with E-state index in [1.165, 1.54) is 0 Å². The zero-order chi connectivity index (χ0) is 10.8. The van der Waals surface area contributed by atoms with E-state index >= 15 is 0 Å². The summed E-state index contributed by atoms with van der Waals surface area (Å²) in [6, 6.07) is 1.81. The molecule has 1 aromatic rings. The third-order valence-electron chi connectivity index (χ3n) is 2.60. The molecule has 1 heterocycles. The van der Waals surface area contributed by atoms with Crippen molar-refractivity contribution in [3.05, 3.63) is 24.0 Å². The Morgan fingerprint density at radius 2 is 2.20 bits per heavy atom. The van der Waals surface area contributed by atoms with E-state index in [1.54, 1.807) is 6.20 Å². The highest BCUT2D eigenvalue weighted by Gasteiger charge is 2.30. The normalized spacial score (nSPS) is 15.2. The van der Waals surface area contributed by atoms with E-state index in [0.717, 1.165) is 18.4 Å². The van der Waals surface area contributed by atoms with E-state index in [9.17, 15) is 9.59 Å². The maximum absolute atomic E-state index is 11.7. The van der Waals surface area contributed by atoms with E-state index in [4.69, 9.17) is 5.73 Å². The van der Waals surface area contributed by atoms with Gasteiger partial charge < -0.3 is 10.3 Å². The Balaban J connectivity index is 1.97. The highest BCUT2D eigenvalue weighted by Crippen LogP contribution is 2.32. The summed E-state index contributed by atoms with van der Waals surface area (Å²) < 4.78 is 1.83. The molecule has 1 aliphatic carbocycles. The molecule has 0 atom stereocenters. The van der Waals surface area contributed by atoms with Crippen LogP contribution in [0.15, 0.2) is 18.5 Å². The van der Waals surface area contributed by atoms with Crippen molar-refractivity contribution in [3.63, 3.8) is 0 Å². The number of nitrogens with two attached hydrogens (primary N) is 1. The maximum Gasteiger partial charge on any atom is 0.219 e. The lowest BCUT2D eigenvalue weighted by molar-refractivity contribution is -0.118. The number of hydrogen-bond donors (Lipinski definition) is 1. The summed E-state index contributed by atoms with van der Waals surface area (Å²) in [6.45, 7) is 0.549. The van der Waals surface area contributed by atoms with Crippen molar-refractivity contribution < 1.29 is 9.59 Å². The Hall–Kier alpha value is -1.58. The minimum atomic E-state index is -0.321. The zero-order valence-corrected chi connectivity index (χ0v) is 8.48. The van der Waals surface area contributed by atoms with Gasteiger partial charge in [-0.2, -0.15) is 0 Å². The summed E-state index contributed by atoms with van der Waals surface area (Å²) in [6.07, 6.45) is 5.96. The van der Waals surface area contributed by atoms with E-state index in [1.807, 2.05) is 16.8 Å². The average Bonchev–Trinajstić information content (AvgIpc) is 2.93. The van der Waals surface area contributed by atoms with Crippen LogP contribution in [-0.2, 0) is 11.3 Å². The lowest BCUT2D eigenvalue weighted by Gasteiger charge is -1.98. The lowest BCUT2D eigenvalue weighted by Crippen LogP contribution is -2.13. The van der Waals surface area contributed by atoms with Gasteiger partial charge in [-0.3, -0.25) is 9.59 Å². The standard InChI is InChI=1S/C11H14N2O2/c12-10(14)4-6-13-5-3-9(7-13)11(15)8-1-2-8/h3,5,7-8H,1-2,4,6H2,(H2,12,14). The molecular formula is C11H14N2O2. The molecule has 15 heavy (non-hydrogen) atoms.